The molecule has 0 aromatic rings. The van der Waals surface area contributed by atoms with Crippen molar-refractivity contribution in [2.75, 3.05) is 13.1 Å². The Morgan fingerprint density at radius 2 is 2.00 bits per heavy atom. The van der Waals surface area contributed by atoms with Gasteiger partial charge in [-0.2, -0.15) is 0 Å². The second-order valence-electron chi connectivity index (χ2n) is 1.76. The van der Waals surface area contributed by atoms with Crippen molar-refractivity contribution in [2.24, 2.45) is 11.5 Å². The Labute approximate surface area is 55.2 Å². The van der Waals surface area contributed by atoms with E-state index in [2.05, 4.69) is 0 Å². The van der Waals surface area contributed by atoms with Crippen molar-refractivity contribution >= 4 is 11.6 Å². The second-order valence-corrected chi connectivity index (χ2v) is 2.38. The summed E-state index contributed by atoms with van der Waals surface area (Å²) < 4.78 is 0. The van der Waals surface area contributed by atoms with E-state index in [1.807, 2.05) is 0 Å². The molecule has 0 saturated carbocycles. The molecule has 0 aliphatic rings. The second kappa shape index (κ2) is 5.35. The fourth-order valence-corrected chi connectivity index (χ4v) is 0.611. The van der Waals surface area contributed by atoms with Crippen molar-refractivity contribution in [3.63, 3.8) is 0 Å². The molecular weight excluding hydrogens is 124 g/mol. The van der Waals surface area contributed by atoms with Crippen LogP contribution in [0.25, 0.3) is 0 Å². The van der Waals surface area contributed by atoms with E-state index in [4.69, 9.17) is 23.1 Å². The number of alkyl halides is 1. The summed E-state index contributed by atoms with van der Waals surface area (Å²) in [6.45, 7) is 1.27. The van der Waals surface area contributed by atoms with E-state index in [1.165, 1.54) is 0 Å². The molecule has 0 aromatic carbocycles. The van der Waals surface area contributed by atoms with Crippen LogP contribution in [-0.4, -0.2) is 18.5 Å². The minimum absolute atomic E-state index is 0.124. The van der Waals surface area contributed by atoms with Crippen LogP contribution in [0.15, 0.2) is 0 Å². The van der Waals surface area contributed by atoms with Crippen LogP contribution in [0.4, 0.5) is 0 Å². The molecule has 0 fully saturated rings. The highest BCUT2D eigenvalue weighted by Gasteiger charge is 1.97. The summed E-state index contributed by atoms with van der Waals surface area (Å²) in [7, 11) is 0. The summed E-state index contributed by atoms with van der Waals surface area (Å²) in [6, 6.07) is 0. The van der Waals surface area contributed by atoms with Crippen LogP contribution < -0.4 is 11.5 Å². The van der Waals surface area contributed by atoms with Crippen LogP contribution in [0.1, 0.15) is 12.8 Å². The highest BCUT2D eigenvalue weighted by Crippen LogP contribution is 2.00. The number of rotatable bonds is 4. The monoisotopic (exact) mass is 136 g/mol. The van der Waals surface area contributed by atoms with E-state index in [0.717, 1.165) is 12.8 Å². The van der Waals surface area contributed by atoms with Crippen LogP contribution in [0.3, 0.4) is 0 Å². The predicted octanol–water partition coefficient (Wildman–Crippen LogP) is 0.291. The first-order chi connectivity index (χ1) is 3.81. The Kier molecular flexibility index (Phi) is 5.49. The molecule has 8 heavy (non-hydrogen) atoms. The van der Waals surface area contributed by atoms with Gasteiger partial charge in [0.15, 0.2) is 0 Å². The zero-order valence-electron chi connectivity index (χ0n) is 4.94. The Balaban J connectivity index is 2.86. The third kappa shape index (κ3) is 4.37. The number of halogens is 1. The van der Waals surface area contributed by atoms with Crippen molar-refractivity contribution < 1.29 is 0 Å². The molecular formula is C5H13ClN2. The topological polar surface area (TPSA) is 52.0 Å². The highest BCUT2D eigenvalue weighted by molar-refractivity contribution is 6.20. The fraction of sp³-hybridized carbons (Fsp3) is 1.00. The van der Waals surface area contributed by atoms with Gasteiger partial charge in [-0.25, -0.2) is 0 Å². The average Bonchev–Trinajstić information content (AvgIpc) is 1.83. The number of hydrogen-bond acceptors (Lipinski definition) is 2. The van der Waals surface area contributed by atoms with E-state index in [-0.39, 0.29) is 5.38 Å². The van der Waals surface area contributed by atoms with E-state index < -0.39 is 0 Å². The fourth-order valence-electron chi connectivity index (χ4n) is 0.457. The predicted molar refractivity (Wildman–Crippen MR) is 37.0 cm³/mol. The van der Waals surface area contributed by atoms with Crippen molar-refractivity contribution in [1.82, 2.24) is 0 Å². The normalized spacial score (nSPS) is 13.9. The first-order valence-electron chi connectivity index (χ1n) is 2.85. The van der Waals surface area contributed by atoms with Gasteiger partial charge in [-0.3, -0.25) is 0 Å². The van der Waals surface area contributed by atoms with E-state index in [1.54, 1.807) is 0 Å². The molecule has 0 amide bonds. The molecule has 50 valence electrons. The van der Waals surface area contributed by atoms with Gasteiger partial charge < -0.3 is 11.5 Å². The molecule has 0 heterocycles. The number of nitrogens with two attached hydrogens (primary N) is 2. The molecule has 0 bridgehead atoms. The van der Waals surface area contributed by atoms with Gasteiger partial charge in [0.2, 0.25) is 0 Å². The van der Waals surface area contributed by atoms with Crippen LogP contribution >= 0.6 is 11.6 Å². The first kappa shape index (κ1) is 8.21. The molecule has 0 spiro atoms. The minimum Gasteiger partial charge on any atom is -0.330 e. The van der Waals surface area contributed by atoms with Crippen molar-refractivity contribution in [3.05, 3.63) is 0 Å². The van der Waals surface area contributed by atoms with Crippen molar-refractivity contribution in [2.45, 2.75) is 18.2 Å². The zero-order valence-corrected chi connectivity index (χ0v) is 5.69. The summed E-state index contributed by atoms with van der Waals surface area (Å²) in [4.78, 5) is 0. The summed E-state index contributed by atoms with van der Waals surface area (Å²) in [5.41, 5.74) is 10.5. The molecule has 0 aliphatic carbocycles. The Morgan fingerprint density at radius 1 is 1.38 bits per heavy atom. The maximum Gasteiger partial charge on any atom is 0.0458 e. The SMILES string of the molecule is NCCCC(Cl)CN. The highest BCUT2D eigenvalue weighted by atomic mass is 35.5. The Bertz CT molecular complexity index is 49.7. The lowest BCUT2D eigenvalue weighted by Gasteiger charge is -2.02. The Morgan fingerprint density at radius 3 is 2.38 bits per heavy atom. The minimum atomic E-state index is 0.124. The largest absolute Gasteiger partial charge is 0.330 e. The number of hydrogen-bond donors (Lipinski definition) is 2. The summed E-state index contributed by atoms with van der Waals surface area (Å²) in [5, 5.41) is 0.124. The standard InChI is InChI=1S/C5H13ClN2/c6-5(4-8)2-1-3-7/h5H,1-4,7-8H2. The maximum absolute atomic E-state index is 5.66. The smallest absolute Gasteiger partial charge is 0.0458 e. The maximum atomic E-state index is 5.66. The summed E-state index contributed by atoms with van der Waals surface area (Å²) in [6.07, 6.45) is 1.92. The third-order valence-corrected chi connectivity index (χ3v) is 1.37. The lowest BCUT2D eigenvalue weighted by molar-refractivity contribution is 0.702. The summed E-state index contributed by atoms with van der Waals surface area (Å²) >= 11 is 5.66. The van der Waals surface area contributed by atoms with E-state index >= 15 is 0 Å². The molecule has 2 nitrogen and oxygen atoms in total. The van der Waals surface area contributed by atoms with Crippen LogP contribution in [0, 0.1) is 0 Å². The molecule has 0 rings (SSSR count). The van der Waals surface area contributed by atoms with Crippen LogP contribution in [0.2, 0.25) is 0 Å². The van der Waals surface area contributed by atoms with Gasteiger partial charge in [0.05, 0.1) is 0 Å². The molecule has 1 unspecified atom stereocenters. The molecule has 0 aliphatic heterocycles. The van der Waals surface area contributed by atoms with Gasteiger partial charge in [-0.15, -0.1) is 11.6 Å². The van der Waals surface area contributed by atoms with Gasteiger partial charge in [-0.1, -0.05) is 0 Å². The van der Waals surface area contributed by atoms with Crippen molar-refractivity contribution in [1.29, 1.82) is 0 Å². The van der Waals surface area contributed by atoms with Gasteiger partial charge in [0.1, 0.15) is 0 Å². The quantitative estimate of drug-likeness (QED) is 0.546. The van der Waals surface area contributed by atoms with E-state index in [0.29, 0.717) is 13.1 Å². The summed E-state index contributed by atoms with van der Waals surface area (Å²) in [5.74, 6) is 0. The lowest BCUT2D eigenvalue weighted by Crippen LogP contribution is -2.15. The molecule has 0 radical (unpaired) electrons. The molecule has 3 heteroatoms. The molecule has 4 N–H and O–H groups in total. The van der Waals surface area contributed by atoms with Gasteiger partial charge in [-0.05, 0) is 19.4 Å². The van der Waals surface area contributed by atoms with Crippen molar-refractivity contribution in [3.8, 4) is 0 Å². The molecule has 0 aromatic heterocycles. The molecule has 0 saturated heterocycles. The van der Waals surface area contributed by atoms with Crippen LogP contribution in [-0.2, 0) is 0 Å². The first-order valence-corrected chi connectivity index (χ1v) is 3.29. The lowest BCUT2D eigenvalue weighted by atomic mass is 10.2. The molecule has 1 atom stereocenters. The van der Waals surface area contributed by atoms with Crippen LogP contribution in [0.5, 0.6) is 0 Å². The third-order valence-electron chi connectivity index (χ3n) is 0.977. The average molecular weight is 137 g/mol. The zero-order chi connectivity index (χ0) is 6.41. The van der Waals surface area contributed by atoms with Gasteiger partial charge in [0.25, 0.3) is 0 Å². The van der Waals surface area contributed by atoms with Gasteiger partial charge in [0, 0.05) is 11.9 Å². The Hall–Kier alpha value is 0.210. The van der Waals surface area contributed by atoms with E-state index in [9.17, 15) is 0 Å². The van der Waals surface area contributed by atoms with Gasteiger partial charge >= 0.3 is 0 Å².